The first-order valence-electron chi connectivity index (χ1n) is 7.81. The van der Waals surface area contributed by atoms with E-state index in [0.717, 1.165) is 0 Å². The van der Waals surface area contributed by atoms with Crippen LogP contribution >= 0.6 is 0 Å². The number of hydrogen-bond donors (Lipinski definition) is 0. The molecule has 112 valence electrons. The maximum Gasteiger partial charge on any atom is -0.0473 e. The molecule has 0 heteroatoms. The molecule has 0 radical (unpaired) electrons. The van der Waals surface area contributed by atoms with Gasteiger partial charge in [-0.3, -0.25) is 0 Å². The molecule has 0 N–H and O–H groups in total. The second-order valence-electron chi connectivity index (χ2n) is 2.41. The van der Waals surface area contributed by atoms with Gasteiger partial charge in [0.15, 0.2) is 0 Å². The quantitative estimate of drug-likeness (QED) is 0.436. The Labute approximate surface area is 115 Å². The lowest BCUT2D eigenvalue weighted by atomic mass is 10.4. The van der Waals surface area contributed by atoms with Gasteiger partial charge in [0.05, 0.1) is 0 Å². The molecule has 0 rings (SSSR count). The molecule has 0 saturated carbocycles. The van der Waals surface area contributed by atoms with Crippen molar-refractivity contribution in [2.75, 3.05) is 0 Å². The van der Waals surface area contributed by atoms with Gasteiger partial charge in [-0.25, -0.2) is 0 Å². The molecule has 0 bridgehead atoms. The van der Waals surface area contributed by atoms with Crippen LogP contribution in [0.3, 0.4) is 0 Å². The predicted octanol–water partition coefficient (Wildman–Crippen LogP) is 7.88. The Morgan fingerprint density at radius 2 is 0.647 bits per heavy atom. The van der Waals surface area contributed by atoms with Crippen molar-refractivity contribution in [1.29, 1.82) is 0 Å². The minimum Gasteiger partial charge on any atom is -0.103 e. The summed E-state index contributed by atoms with van der Waals surface area (Å²) in [5, 5.41) is 0. The van der Waals surface area contributed by atoms with Crippen LogP contribution < -0.4 is 0 Å². The summed E-state index contributed by atoms with van der Waals surface area (Å²) in [6.45, 7) is 26.0. The third-order valence-corrected chi connectivity index (χ3v) is 1.000. The topological polar surface area (TPSA) is 0 Å². The third kappa shape index (κ3) is 981. The average molecular weight is 249 g/mol. The Balaban J connectivity index is -0.0000000221. The normalized spacial score (nSPS) is 5.35. The Bertz CT molecular complexity index is 29.3. The van der Waals surface area contributed by atoms with Crippen molar-refractivity contribution in [1.82, 2.24) is 0 Å². The average Bonchev–Trinajstić information content (AvgIpc) is 2.46. The van der Waals surface area contributed by atoms with Crippen LogP contribution in [0.25, 0.3) is 0 Å². The molecule has 0 aliphatic heterocycles. The predicted molar refractivity (Wildman–Crippen MR) is 91.1 cm³/mol. The smallest absolute Gasteiger partial charge is 0.0473 e. The van der Waals surface area contributed by atoms with Gasteiger partial charge in [-0.05, 0) is 6.92 Å². The zero-order valence-corrected chi connectivity index (χ0v) is 15.1. The minimum atomic E-state index is 1.32. The molecule has 0 nitrogen and oxygen atoms in total. The lowest BCUT2D eigenvalue weighted by Gasteiger charge is -1.68. The van der Waals surface area contributed by atoms with Crippen molar-refractivity contribution in [2.45, 2.75) is 102 Å². The van der Waals surface area contributed by atoms with E-state index >= 15 is 0 Å². The van der Waals surface area contributed by atoms with Crippen molar-refractivity contribution >= 4 is 0 Å². The van der Waals surface area contributed by atoms with Gasteiger partial charge in [0.2, 0.25) is 0 Å². The largest absolute Gasteiger partial charge is 0.103 e. The van der Waals surface area contributed by atoms with Gasteiger partial charge in [-0.1, -0.05) is 101 Å². The zero-order valence-electron chi connectivity index (χ0n) is 15.1. The van der Waals surface area contributed by atoms with E-state index in [4.69, 9.17) is 0 Å². The first-order chi connectivity index (χ1) is 8.24. The number of allylic oxidation sites excluding steroid dienone is 1. The van der Waals surface area contributed by atoms with Gasteiger partial charge >= 0.3 is 0 Å². The van der Waals surface area contributed by atoms with Crippen LogP contribution in [0.4, 0.5) is 0 Å². The Kier molecular flexibility index (Phi) is 322. The molecular formula is C17H44. The third-order valence-electron chi connectivity index (χ3n) is 1.000. The minimum absolute atomic E-state index is 1.32. The Hall–Kier alpha value is -0.260. The van der Waals surface area contributed by atoms with Crippen LogP contribution in [-0.2, 0) is 0 Å². The van der Waals surface area contributed by atoms with Crippen molar-refractivity contribution in [2.24, 2.45) is 0 Å². The van der Waals surface area contributed by atoms with Gasteiger partial charge in [0.25, 0.3) is 0 Å². The van der Waals surface area contributed by atoms with E-state index in [-0.39, 0.29) is 0 Å². The second-order valence-corrected chi connectivity index (χ2v) is 2.41. The van der Waals surface area contributed by atoms with E-state index in [1.807, 2.05) is 48.5 Å². The maximum atomic E-state index is 3.36. The monoisotopic (exact) mass is 248 g/mol. The van der Waals surface area contributed by atoms with Crippen molar-refractivity contribution in [3.05, 3.63) is 12.7 Å². The number of hydrogen-bond acceptors (Lipinski definition) is 0. The summed E-state index contributed by atoms with van der Waals surface area (Å²) < 4.78 is 0. The summed E-state index contributed by atoms with van der Waals surface area (Å²) in [7, 11) is 0. The van der Waals surface area contributed by atoms with E-state index in [1.54, 1.807) is 6.08 Å². The van der Waals surface area contributed by atoms with Gasteiger partial charge in [-0.2, -0.15) is 0 Å². The van der Waals surface area contributed by atoms with E-state index in [9.17, 15) is 0 Å². The standard InChI is InChI=1S/2C4H10.C3H6.3C2H6/c2*1-3-4-2;1-3-2;3*1-2/h2*3-4H2,1-2H3;3H,1H2,2H3;3*1-2H3. The molecular weight excluding hydrogens is 204 g/mol. The summed E-state index contributed by atoms with van der Waals surface area (Å²) in [5.74, 6) is 0. The summed E-state index contributed by atoms with van der Waals surface area (Å²) >= 11 is 0. The van der Waals surface area contributed by atoms with Crippen LogP contribution in [-0.4, -0.2) is 0 Å². The molecule has 0 aromatic carbocycles. The van der Waals surface area contributed by atoms with E-state index in [1.165, 1.54) is 25.7 Å². The molecule has 0 unspecified atom stereocenters. The van der Waals surface area contributed by atoms with Crippen LogP contribution in [0.5, 0.6) is 0 Å². The number of unbranched alkanes of at least 4 members (excludes halogenated alkanes) is 2. The second kappa shape index (κ2) is 152. The lowest BCUT2D eigenvalue weighted by molar-refractivity contribution is 0.886. The first-order valence-corrected chi connectivity index (χ1v) is 7.81. The van der Waals surface area contributed by atoms with Crippen molar-refractivity contribution in [3.8, 4) is 0 Å². The molecule has 0 aliphatic rings. The number of rotatable bonds is 2. The van der Waals surface area contributed by atoms with Gasteiger partial charge < -0.3 is 0 Å². The lowest BCUT2D eigenvalue weighted by Crippen LogP contribution is -1.47. The summed E-state index contributed by atoms with van der Waals surface area (Å²) in [6.07, 6.45) is 7.03. The highest BCUT2D eigenvalue weighted by Crippen LogP contribution is 1.77. The van der Waals surface area contributed by atoms with Crippen LogP contribution in [0, 0.1) is 0 Å². The molecule has 0 fully saturated rings. The Morgan fingerprint density at radius 3 is 0.647 bits per heavy atom. The van der Waals surface area contributed by atoms with E-state index in [0.29, 0.717) is 0 Å². The van der Waals surface area contributed by atoms with E-state index < -0.39 is 0 Å². The highest BCUT2D eigenvalue weighted by atomic mass is 13.6. The van der Waals surface area contributed by atoms with Gasteiger partial charge in [-0.15, -0.1) is 6.58 Å². The summed E-state index contributed by atoms with van der Waals surface area (Å²) in [6, 6.07) is 0. The van der Waals surface area contributed by atoms with Crippen molar-refractivity contribution < 1.29 is 0 Å². The Morgan fingerprint density at radius 1 is 0.588 bits per heavy atom. The molecule has 0 heterocycles. The molecule has 0 aliphatic carbocycles. The molecule has 17 heavy (non-hydrogen) atoms. The molecule has 0 aromatic heterocycles. The fourth-order valence-electron chi connectivity index (χ4n) is 0. The highest BCUT2D eigenvalue weighted by Gasteiger charge is 1.56. The zero-order chi connectivity index (χ0) is 15.5. The van der Waals surface area contributed by atoms with Gasteiger partial charge in [0, 0.05) is 0 Å². The fraction of sp³-hybridized carbons (Fsp3) is 0.882. The molecule has 0 saturated heterocycles. The van der Waals surface area contributed by atoms with Crippen LogP contribution in [0.15, 0.2) is 12.7 Å². The highest BCUT2D eigenvalue weighted by molar-refractivity contribution is 4.51. The molecule has 0 atom stereocenters. The molecule has 0 spiro atoms. The van der Waals surface area contributed by atoms with Crippen molar-refractivity contribution in [3.63, 3.8) is 0 Å². The molecule has 0 aromatic rings. The van der Waals surface area contributed by atoms with Crippen LogP contribution in [0.1, 0.15) is 102 Å². The maximum absolute atomic E-state index is 3.36. The fourth-order valence-corrected chi connectivity index (χ4v) is 0. The summed E-state index contributed by atoms with van der Waals surface area (Å²) in [5.41, 5.74) is 0. The molecule has 0 amide bonds. The summed E-state index contributed by atoms with van der Waals surface area (Å²) in [4.78, 5) is 0. The first kappa shape index (κ1) is 36.0. The van der Waals surface area contributed by atoms with E-state index in [2.05, 4.69) is 34.3 Å². The van der Waals surface area contributed by atoms with Crippen LogP contribution in [0.2, 0.25) is 0 Å². The van der Waals surface area contributed by atoms with Gasteiger partial charge in [0.1, 0.15) is 0 Å². The SMILES string of the molecule is C=CC.CC.CC.CC.CCCC.CCCC.